The minimum Gasteiger partial charge on any atom is -0.339 e. The summed E-state index contributed by atoms with van der Waals surface area (Å²) in [7, 11) is -3.68. The number of nitrogens with zero attached hydrogens (tertiary/aromatic N) is 3. The zero-order valence-electron chi connectivity index (χ0n) is 13.4. The van der Waals surface area contributed by atoms with Crippen LogP contribution in [0.3, 0.4) is 0 Å². The molecular weight excluding hydrogens is 326 g/mol. The fourth-order valence-electron chi connectivity index (χ4n) is 2.42. The van der Waals surface area contributed by atoms with Crippen molar-refractivity contribution in [2.45, 2.75) is 18.7 Å². The first-order chi connectivity index (χ1) is 11.5. The maximum absolute atomic E-state index is 13.0. The number of hydrogen-bond acceptors (Lipinski definition) is 5. The molecular formula is C17H17N3O3S. The highest BCUT2D eigenvalue weighted by molar-refractivity contribution is 7.92. The summed E-state index contributed by atoms with van der Waals surface area (Å²) in [5, 5.41) is 3.84. The van der Waals surface area contributed by atoms with Crippen molar-refractivity contribution in [1.29, 1.82) is 0 Å². The zero-order valence-corrected chi connectivity index (χ0v) is 14.2. The van der Waals surface area contributed by atoms with Gasteiger partial charge in [0.15, 0.2) is 0 Å². The summed E-state index contributed by atoms with van der Waals surface area (Å²) in [6.07, 6.45) is 0. The number of anilines is 1. The summed E-state index contributed by atoms with van der Waals surface area (Å²) in [6.45, 7) is 3.82. The number of para-hydroxylation sites is 1. The van der Waals surface area contributed by atoms with E-state index in [1.54, 1.807) is 50.2 Å². The number of aromatic nitrogens is 2. The lowest BCUT2D eigenvalue weighted by atomic mass is 10.2. The normalized spacial score (nSPS) is 11.4. The molecule has 0 atom stereocenters. The van der Waals surface area contributed by atoms with E-state index < -0.39 is 10.0 Å². The summed E-state index contributed by atoms with van der Waals surface area (Å²) in [6, 6.07) is 15.6. The van der Waals surface area contributed by atoms with E-state index in [1.807, 2.05) is 18.2 Å². The first-order valence-corrected chi connectivity index (χ1v) is 8.95. The number of benzene rings is 2. The Hall–Kier alpha value is -2.67. The SMILES string of the molecule is CCN(c1ccccc1)S(=O)(=O)c1cccc(-c2noc(C)n2)c1. The van der Waals surface area contributed by atoms with Crippen LogP contribution in [0.25, 0.3) is 11.4 Å². The zero-order chi connectivity index (χ0) is 17.2. The van der Waals surface area contributed by atoms with Gasteiger partial charge in [0.05, 0.1) is 10.6 Å². The smallest absolute Gasteiger partial charge is 0.264 e. The van der Waals surface area contributed by atoms with Crippen LogP contribution in [0.1, 0.15) is 12.8 Å². The van der Waals surface area contributed by atoms with Gasteiger partial charge in [0.1, 0.15) is 0 Å². The Morgan fingerprint density at radius 3 is 2.46 bits per heavy atom. The second kappa shape index (κ2) is 6.45. The summed E-state index contributed by atoms with van der Waals surface area (Å²) < 4.78 is 32.4. The van der Waals surface area contributed by atoms with Gasteiger partial charge >= 0.3 is 0 Å². The fraction of sp³-hybridized carbons (Fsp3) is 0.176. The van der Waals surface area contributed by atoms with Crippen LogP contribution in [0, 0.1) is 6.92 Å². The predicted molar refractivity (Wildman–Crippen MR) is 91.1 cm³/mol. The molecule has 0 aliphatic heterocycles. The summed E-state index contributed by atoms with van der Waals surface area (Å²) in [5.41, 5.74) is 1.22. The first kappa shape index (κ1) is 16.2. The lowest BCUT2D eigenvalue weighted by Gasteiger charge is -2.23. The van der Waals surface area contributed by atoms with Crippen LogP contribution in [-0.2, 0) is 10.0 Å². The maximum Gasteiger partial charge on any atom is 0.264 e. The van der Waals surface area contributed by atoms with Crippen LogP contribution < -0.4 is 4.31 Å². The molecule has 2 aromatic carbocycles. The number of aryl methyl sites for hydroxylation is 1. The van der Waals surface area contributed by atoms with Crippen molar-refractivity contribution >= 4 is 15.7 Å². The van der Waals surface area contributed by atoms with E-state index >= 15 is 0 Å². The van der Waals surface area contributed by atoms with Crippen LogP contribution in [0.15, 0.2) is 64.0 Å². The second-order valence-corrected chi connectivity index (χ2v) is 7.03. The molecule has 0 saturated heterocycles. The highest BCUT2D eigenvalue weighted by Gasteiger charge is 2.24. The molecule has 0 saturated carbocycles. The van der Waals surface area contributed by atoms with Crippen LogP contribution in [0.5, 0.6) is 0 Å². The van der Waals surface area contributed by atoms with E-state index in [1.165, 1.54) is 4.31 Å². The summed E-state index contributed by atoms with van der Waals surface area (Å²) in [5.74, 6) is 0.796. The minimum absolute atomic E-state index is 0.188. The highest BCUT2D eigenvalue weighted by Crippen LogP contribution is 2.26. The highest BCUT2D eigenvalue weighted by atomic mass is 32.2. The third kappa shape index (κ3) is 3.03. The van der Waals surface area contributed by atoms with Crippen molar-refractivity contribution in [1.82, 2.24) is 10.1 Å². The molecule has 0 bridgehead atoms. The molecule has 0 unspecified atom stereocenters. The first-order valence-electron chi connectivity index (χ1n) is 7.51. The van der Waals surface area contributed by atoms with E-state index in [0.717, 1.165) is 0 Å². The molecule has 1 heterocycles. The van der Waals surface area contributed by atoms with Gasteiger partial charge in [-0.25, -0.2) is 8.42 Å². The van der Waals surface area contributed by atoms with Gasteiger partial charge in [-0.15, -0.1) is 0 Å². The molecule has 1 aromatic heterocycles. The maximum atomic E-state index is 13.0. The lowest BCUT2D eigenvalue weighted by molar-refractivity contribution is 0.394. The van der Waals surface area contributed by atoms with Gasteiger partial charge in [-0.1, -0.05) is 35.5 Å². The molecule has 0 radical (unpaired) electrons. The van der Waals surface area contributed by atoms with Crippen LogP contribution in [-0.4, -0.2) is 25.1 Å². The van der Waals surface area contributed by atoms with Crippen molar-refractivity contribution in [3.8, 4) is 11.4 Å². The van der Waals surface area contributed by atoms with Gasteiger partial charge in [-0.05, 0) is 31.2 Å². The standard InChI is InChI=1S/C17H17N3O3S/c1-3-20(15-9-5-4-6-10-15)24(21,22)16-11-7-8-14(12-16)17-18-13(2)23-19-17/h4-12H,3H2,1-2H3. The van der Waals surface area contributed by atoms with E-state index in [-0.39, 0.29) is 4.90 Å². The molecule has 3 rings (SSSR count). The number of rotatable bonds is 5. The van der Waals surface area contributed by atoms with Gasteiger partial charge in [0.2, 0.25) is 11.7 Å². The third-order valence-corrected chi connectivity index (χ3v) is 5.44. The molecule has 0 aliphatic rings. The monoisotopic (exact) mass is 343 g/mol. The second-order valence-electron chi connectivity index (χ2n) is 5.17. The molecule has 7 heteroatoms. The van der Waals surface area contributed by atoms with E-state index in [9.17, 15) is 8.42 Å². The van der Waals surface area contributed by atoms with Crippen molar-refractivity contribution < 1.29 is 12.9 Å². The van der Waals surface area contributed by atoms with Gasteiger partial charge < -0.3 is 4.52 Å². The molecule has 0 amide bonds. The quantitative estimate of drug-likeness (QED) is 0.711. The van der Waals surface area contributed by atoms with Crippen molar-refractivity contribution in [3.63, 3.8) is 0 Å². The molecule has 0 N–H and O–H groups in total. The average Bonchev–Trinajstić information content (AvgIpc) is 3.03. The molecule has 3 aromatic rings. The van der Waals surface area contributed by atoms with Gasteiger partial charge in [-0.3, -0.25) is 4.31 Å². The Bertz CT molecular complexity index is 936. The Labute approximate surface area is 140 Å². The molecule has 0 fully saturated rings. The lowest BCUT2D eigenvalue weighted by Crippen LogP contribution is -2.30. The van der Waals surface area contributed by atoms with Crippen molar-refractivity contribution in [3.05, 3.63) is 60.5 Å². The molecule has 6 nitrogen and oxygen atoms in total. The fourth-order valence-corrected chi connectivity index (χ4v) is 3.95. The summed E-state index contributed by atoms with van der Waals surface area (Å²) in [4.78, 5) is 4.33. The van der Waals surface area contributed by atoms with Crippen molar-refractivity contribution in [2.24, 2.45) is 0 Å². The average molecular weight is 343 g/mol. The number of sulfonamides is 1. The van der Waals surface area contributed by atoms with E-state index in [0.29, 0.717) is 29.5 Å². The van der Waals surface area contributed by atoms with Gasteiger partial charge in [0.25, 0.3) is 10.0 Å². The Kier molecular flexibility index (Phi) is 4.35. The molecule has 0 aliphatic carbocycles. The van der Waals surface area contributed by atoms with Gasteiger partial charge in [0, 0.05) is 19.0 Å². The number of hydrogen-bond donors (Lipinski definition) is 0. The topological polar surface area (TPSA) is 76.3 Å². The predicted octanol–water partition coefficient (Wildman–Crippen LogP) is 3.26. The van der Waals surface area contributed by atoms with E-state index in [2.05, 4.69) is 10.1 Å². The molecule has 124 valence electrons. The Morgan fingerprint density at radius 1 is 1.08 bits per heavy atom. The Morgan fingerprint density at radius 2 is 1.83 bits per heavy atom. The van der Waals surface area contributed by atoms with Gasteiger partial charge in [-0.2, -0.15) is 4.98 Å². The van der Waals surface area contributed by atoms with E-state index in [4.69, 9.17) is 4.52 Å². The van der Waals surface area contributed by atoms with Crippen LogP contribution >= 0.6 is 0 Å². The third-order valence-electron chi connectivity index (χ3n) is 3.54. The summed E-state index contributed by atoms with van der Waals surface area (Å²) >= 11 is 0. The molecule has 24 heavy (non-hydrogen) atoms. The molecule has 0 spiro atoms. The Balaban J connectivity index is 2.03. The van der Waals surface area contributed by atoms with Crippen molar-refractivity contribution in [2.75, 3.05) is 10.8 Å². The van der Waals surface area contributed by atoms with Crippen LogP contribution in [0.4, 0.5) is 5.69 Å². The minimum atomic E-state index is -3.68. The largest absolute Gasteiger partial charge is 0.339 e. The van der Waals surface area contributed by atoms with Crippen LogP contribution in [0.2, 0.25) is 0 Å².